The molecule has 0 aliphatic carbocycles. The van der Waals surface area contributed by atoms with Gasteiger partial charge in [0.25, 0.3) is 0 Å². The average molecular weight is 249 g/mol. The first-order valence-electron chi connectivity index (χ1n) is 6.36. The van der Waals surface area contributed by atoms with Crippen molar-refractivity contribution in [2.45, 2.75) is 39.8 Å². The summed E-state index contributed by atoms with van der Waals surface area (Å²) < 4.78 is 5.26. The van der Waals surface area contributed by atoms with Crippen LogP contribution in [-0.2, 0) is 16.1 Å². The Hall–Kier alpha value is -1.35. The van der Waals surface area contributed by atoms with Crippen molar-refractivity contribution in [3.05, 3.63) is 35.9 Å². The fourth-order valence-corrected chi connectivity index (χ4v) is 1.41. The van der Waals surface area contributed by atoms with Crippen LogP contribution in [0.15, 0.2) is 30.3 Å². The first kappa shape index (κ1) is 14.7. The lowest BCUT2D eigenvalue weighted by Crippen LogP contribution is -2.43. The van der Waals surface area contributed by atoms with E-state index in [9.17, 15) is 4.79 Å². The van der Waals surface area contributed by atoms with Gasteiger partial charge in [0.15, 0.2) is 0 Å². The van der Waals surface area contributed by atoms with E-state index in [0.29, 0.717) is 6.61 Å². The Morgan fingerprint density at radius 2 is 1.89 bits per heavy atom. The van der Waals surface area contributed by atoms with Gasteiger partial charge in [0.1, 0.15) is 6.61 Å². The summed E-state index contributed by atoms with van der Waals surface area (Å²) in [4.78, 5) is 11.4. The van der Waals surface area contributed by atoms with Crippen molar-refractivity contribution in [1.29, 1.82) is 0 Å². The molecule has 0 saturated heterocycles. The van der Waals surface area contributed by atoms with Crippen LogP contribution in [-0.4, -0.2) is 18.1 Å². The van der Waals surface area contributed by atoms with Gasteiger partial charge in [-0.15, -0.1) is 0 Å². The molecule has 0 heterocycles. The highest BCUT2D eigenvalue weighted by atomic mass is 16.5. The highest BCUT2D eigenvalue weighted by Gasteiger charge is 2.20. The van der Waals surface area contributed by atoms with Crippen LogP contribution in [0, 0.1) is 5.92 Å². The molecule has 0 amide bonds. The minimum atomic E-state index is -0.222. The minimum Gasteiger partial charge on any atom is -0.464 e. The third kappa shape index (κ3) is 5.32. The molecule has 0 aliphatic rings. The molecule has 1 rings (SSSR count). The third-order valence-corrected chi connectivity index (χ3v) is 2.66. The zero-order valence-corrected chi connectivity index (χ0v) is 11.7. The summed E-state index contributed by atoms with van der Waals surface area (Å²) in [6, 6.07) is 10.2. The first-order chi connectivity index (χ1) is 8.41. The molecule has 0 aromatic heterocycles. The van der Waals surface area contributed by atoms with Gasteiger partial charge in [0.05, 0.1) is 5.92 Å². The Bertz CT molecular complexity index is 371. The van der Waals surface area contributed by atoms with Crippen LogP contribution < -0.4 is 5.32 Å². The Morgan fingerprint density at radius 1 is 1.28 bits per heavy atom. The zero-order chi connectivity index (χ0) is 13.6. The summed E-state index contributed by atoms with van der Waals surface area (Å²) >= 11 is 0. The smallest absolute Gasteiger partial charge is 0.308 e. The van der Waals surface area contributed by atoms with Crippen LogP contribution in [0.2, 0.25) is 0 Å². The van der Waals surface area contributed by atoms with Gasteiger partial charge in [-0.05, 0) is 19.4 Å². The molecule has 3 nitrogen and oxygen atoms in total. The van der Waals surface area contributed by atoms with Gasteiger partial charge in [-0.3, -0.25) is 4.79 Å². The van der Waals surface area contributed by atoms with Crippen LogP contribution in [0.3, 0.4) is 0 Å². The van der Waals surface area contributed by atoms with Crippen LogP contribution in [0.5, 0.6) is 0 Å². The van der Waals surface area contributed by atoms with Crippen LogP contribution >= 0.6 is 0 Å². The van der Waals surface area contributed by atoms with Gasteiger partial charge >= 0.3 is 5.97 Å². The van der Waals surface area contributed by atoms with E-state index in [-0.39, 0.29) is 17.4 Å². The molecule has 0 spiro atoms. The lowest BCUT2D eigenvalue weighted by Gasteiger charge is -2.26. The maximum Gasteiger partial charge on any atom is 0.308 e. The van der Waals surface area contributed by atoms with Gasteiger partial charge in [0.2, 0.25) is 0 Å². The number of rotatable bonds is 6. The Labute approximate surface area is 110 Å². The van der Waals surface area contributed by atoms with Gasteiger partial charge in [-0.2, -0.15) is 0 Å². The van der Waals surface area contributed by atoms with E-state index in [1.807, 2.05) is 45.9 Å². The minimum absolute atomic E-state index is 0.0741. The first-order valence-corrected chi connectivity index (χ1v) is 6.36. The number of carbonyl (C=O) groups excluding carboxylic acids is 1. The molecule has 0 aliphatic heterocycles. The molecule has 0 bridgehead atoms. The van der Waals surface area contributed by atoms with Crippen molar-refractivity contribution < 1.29 is 9.53 Å². The molecule has 100 valence electrons. The van der Waals surface area contributed by atoms with E-state index < -0.39 is 0 Å². The molecular weight excluding hydrogens is 226 g/mol. The molecule has 0 saturated carbocycles. The quantitative estimate of drug-likeness (QED) is 0.788. The summed E-state index contributed by atoms with van der Waals surface area (Å²) in [7, 11) is 0. The number of ether oxygens (including phenoxy) is 1. The van der Waals surface area contributed by atoms with Crippen molar-refractivity contribution in [2.24, 2.45) is 5.92 Å². The molecular formula is C15H23NO2. The Kier molecular flexibility index (Phi) is 5.35. The highest BCUT2D eigenvalue weighted by Crippen LogP contribution is 2.08. The summed E-state index contributed by atoms with van der Waals surface area (Å²) in [5, 5.41) is 3.39. The molecule has 18 heavy (non-hydrogen) atoms. The standard InChI is InChI=1S/C15H23NO2/c1-12(2)14(17)18-11-15(3,4)16-10-13-8-6-5-7-9-13/h5-9,12,16H,10-11H2,1-4H3. The summed E-state index contributed by atoms with van der Waals surface area (Å²) in [6.45, 7) is 8.90. The number of benzene rings is 1. The monoisotopic (exact) mass is 249 g/mol. The van der Waals surface area contributed by atoms with Gasteiger partial charge in [-0.1, -0.05) is 44.2 Å². The largest absolute Gasteiger partial charge is 0.464 e. The predicted molar refractivity (Wildman–Crippen MR) is 73.2 cm³/mol. The van der Waals surface area contributed by atoms with Crippen molar-refractivity contribution in [1.82, 2.24) is 5.32 Å². The molecule has 0 radical (unpaired) electrons. The maximum absolute atomic E-state index is 11.4. The van der Waals surface area contributed by atoms with E-state index >= 15 is 0 Å². The van der Waals surface area contributed by atoms with Crippen molar-refractivity contribution in [2.75, 3.05) is 6.61 Å². The normalized spacial score (nSPS) is 11.6. The van der Waals surface area contributed by atoms with Crippen molar-refractivity contribution in [3.63, 3.8) is 0 Å². The van der Waals surface area contributed by atoms with E-state index in [4.69, 9.17) is 4.74 Å². The van der Waals surface area contributed by atoms with Crippen LogP contribution in [0.4, 0.5) is 0 Å². The van der Waals surface area contributed by atoms with Gasteiger partial charge in [-0.25, -0.2) is 0 Å². The molecule has 1 aromatic carbocycles. The molecule has 1 aromatic rings. The summed E-state index contributed by atoms with van der Waals surface area (Å²) in [6.07, 6.45) is 0. The van der Waals surface area contributed by atoms with Gasteiger partial charge in [0, 0.05) is 12.1 Å². The third-order valence-electron chi connectivity index (χ3n) is 2.66. The molecule has 0 atom stereocenters. The number of carbonyl (C=O) groups is 1. The zero-order valence-electron chi connectivity index (χ0n) is 11.7. The lowest BCUT2D eigenvalue weighted by molar-refractivity contribution is -0.149. The topological polar surface area (TPSA) is 38.3 Å². The average Bonchev–Trinajstić information content (AvgIpc) is 2.35. The fourth-order valence-electron chi connectivity index (χ4n) is 1.41. The second-order valence-electron chi connectivity index (χ2n) is 5.49. The van der Waals surface area contributed by atoms with E-state index in [1.54, 1.807) is 0 Å². The SMILES string of the molecule is CC(C)C(=O)OCC(C)(C)NCc1ccccc1. The van der Waals surface area contributed by atoms with Gasteiger partial charge < -0.3 is 10.1 Å². The van der Waals surface area contributed by atoms with E-state index in [0.717, 1.165) is 6.54 Å². The second kappa shape index (κ2) is 6.55. The lowest BCUT2D eigenvalue weighted by atomic mass is 10.1. The Balaban J connectivity index is 2.38. The molecule has 0 fully saturated rings. The summed E-state index contributed by atoms with van der Waals surface area (Å²) in [5.41, 5.74) is 1.00. The number of nitrogens with one attached hydrogen (secondary N) is 1. The molecule has 0 unspecified atom stereocenters. The Morgan fingerprint density at radius 3 is 2.44 bits per heavy atom. The van der Waals surface area contributed by atoms with Crippen LogP contribution in [0.1, 0.15) is 33.3 Å². The van der Waals surface area contributed by atoms with Crippen molar-refractivity contribution >= 4 is 5.97 Å². The number of hydrogen-bond donors (Lipinski definition) is 1. The number of esters is 1. The second-order valence-corrected chi connectivity index (χ2v) is 5.49. The van der Waals surface area contributed by atoms with Crippen LogP contribution in [0.25, 0.3) is 0 Å². The summed E-state index contributed by atoms with van der Waals surface area (Å²) in [5.74, 6) is -0.223. The maximum atomic E-state index is 11.4. The molecule has 3 heteroatoms. The predicted octanol–water partition coefficient (Wildman–Crippen LogP) is 2.75. The van der Waals surface area contributed by atoms with E-state index in [1.165, 1.54) is 5.56 Å². The van der Waals surface area contributed by atoms with Crippen molar-refractivity contribution in [3.8, 4) is 0 Å². The highest BCUT2D eigenvalue weighted by molar-refractivity contribution is 5.71. The van der Waals surface area contributed by atoms with E-state index in [2.05, 4.69) is 17.4 Å². The molecule has 1 N–H and O–H groups in total. The number of hydrogen-bond acceptors (Lipinski definition) is 3. The fraction of sp³-hybridized carbons (Fsp3) is 0.533.